The highest BCUT2D eigenvalue weighted by molar-refractivity contribution is 5.93. The standard InChI is InChI=1S/C19H18FN5O/c1-12-8-15(13-2-4-16(20)5-3-13)11-25(12)19(26)18-9-17(23-24-18)14-6-7-21-22-10-14/h2-7,9-10,12,15H,8,11H2,1H3,(H,23,24)/t12-,15-/m0/s1. The summed E-state index contributed by atoms with van der Waals surface area (Å²) in [5, 5.41) is 14.6. The minimum Gasteiger partial charge on any atom is -0.334 e. The van der Waals surface area contributed by atoms with Gasteiger partial charge in [-0.1, -0.05) is 12.1 Å². The van der Waals surface area contributed by atoms with Crippen LogP contribution in [0.4, 0.5) is 4.39 Å². The summed E-state index contributed by atoms with van der Waals surface area (Å²) in [5.74, 6) is -0.118. The van der Waals surface area contributed by atoms with Gasteiger partial charge in [0.05, 0.1) is 18.1 Å². The van der Waals surface area contributed by atoms with Crippen LogP contribution < -0.4 is 0 Å². The first-order valence-electron chi connectivity index (χ1n) is 8.50. The van der Waals surface area contributed by atoms with Crippen LogP contribution in [0.5, 0.6) is 0 Å². The van der Waals surface area contributed by atoms with Gasteiger partial charge in [-0.25, -0.2) is 4.39 Å². The first-order chi connectivity index (χ1) is 12.6. The molecular weight excluding hydrogens is 333 g/mol. The Balaban J connectivity index is 1.51. The second kappa shape index (κ2) is 6.67. The number of aromatic nitrogens is 4. The molecule has 6 nitrogen and oxygen atoms in total. The molecule has 0 unspecified atom stereocenters. The molecule has 132 valence electrons. The molecule has 3 aromatic rings. The fraction of sp³-hybridized carbons (Fsp3) is 0.263. The Hall–Kier alpha value is -3.09. The zero-order valence-corrected chi connectivity index (χ0v) is 14.3. The third-order valence-corrected chi connectivity index (χ3v) is 4.87. The van der Waals surface area contributed by atoms with E-state index in [-0.39, 0.29) is 23.7 Å². The molecule has 2 aromatic heterocycles. The van der Waals surface area contributed by atoms with Crippen LogP contribution in [0.1, 0.15) is 35.3 Å². The van der Waals surface area contributed by atoms with Crippen LogP contribution in [0.2, 0.25) is 0 Å². The number of hydrogen-bond acceptors (Lipinski definition) is 4. The number of rotatable bonds is 3. The van der Waals surface area contributed by atoms with E-state index in [1.807, 2.05) is 11.8 Å². The van der Waals surface area contributed by atoms with Crippen molar-refractivity contribution < 1.29 is 9.18 Å². The molecule has 1 amide bonds. The molecule has 3 heterocycles. The second-order valence-electron chi connectivity index (χ2n) is 6.59. The number of halogens is 1. The largest absolute Gasteiger partial charge is 0.334 e. The first-order valence-corrected chi connectivity index (χ1v) is 8.50. The average molecular weight is 351 g/mol. The predicted molar refractivity (Wildman–Crippen MR) is 93.9 cm³/mol. The molecular formula is C19H18FN5O. The average Bonchev–Trinajstić information content (AvgIpc) is 3.30. The van der Waals surface area contributed by atoms with Gasteiger partial charge in [0, 0.05) is 24.1 Å². The smallest absolute Gasteiger partial charge is 0.272 e. The van der Waals surface area contributed by atoms with Gasteiger partial charge in [0.2, 0.25) is 0 Å². The van der Waals surface area contributed by atoms with Crippen molar-refractivity contribution in [2.45, 2.75) is 25.3 Å². The van der Waals surface area contributed by atoms with Gasteiger partial charge in [0.15, 0.2) is 0 Å². The van der Waals surface area contributed by atoms with Crippen LogP contribution in [0, 0.1) is 5.82 Å². The van der Waals surface area contributed by atoms with Gasteiger partial charge in [0.25, 0.3) is 5.91 Å². The monoisotopic (exact) mass is 351 g/mol. The number of carbonyl (C=O) groups excluding carboxylic acids is 1. The van der Waals surface area contributed by atoms with E-state index in [1.165, 1.54) is 12.1 Å². The summed E-state index contributed by atoms with van der Waals surface area (Å²) >= 11 is 0. The number of nitrogens with one attached hydrogen (secondary N) is 1. The van der Waals surface area contributed by atoms with Gasteiger partial charge in [-0.2, -0.15) is 15.3 Å². The minimum absolute atomic E-state index is 0.0807. The first kappa shape index (κ1) is 16.4. The number of benzene rings is 1. The zero-order valence-electron chi connectivity index (χ0n) is 14.3. The second-order valence-corrected chi connectivity index (χ2v) is 6.59. The maximum Gasteiger partial charge on any atom is 0.272 e. The molecule has 1 aliphatic heterocycles. The highest BCUT2D eigenvalue weighted by Gasteiger charge is 2.34. The Morgan fingerprint density at radius 1 is 1.23 bits per heavy atom. The van der Waals surface area contributed by atoms with E-state index < -0.39 is 0 Å². The van der Waals surface area contributed by atoms with Crippen molar-refractivity contribution in [2.24, 2.45) is 0 Å². The number of aromatic amines is 1. The summed E-state index contributed by atoms with van der Waals surface area (Å²) in [7, 11) is 0. The number of carbonyl (C=O) groups is 1. The third kappa shape index (κ3) is 3.08. The normalized spacial score (nSPS) is 19.7. The van der Waals surface area contributed by atoms with Gasteiger partial charge >= 0.3 is 0 Å². The van der Waals surface area contributed by atoms with Crippen LogP contribution in [0.15, 0.2) is 48.8 Å². The van der Waals surface area contributed by atoms with Crippen molar-refractivity contribution in [3.05, 3.63) is 65.9 Å². The number of likely N-dealkylation sites (tertiary alicyclic amines) is 1. The molecule has 0 bridgehead atoms. The Morgan fingerprint density at radius 2 is 2.04 bits per heavy atom. The number of hydrogen-bond donors (Lipinski definition) is 1. The van der Waals surface area contributed by atoms with Crippen LogP contribution in [-0.2, 0) is 0 Å². The molecule has 4 rings (SSSR count). The van der Waals surface area contributed by atoms with Crippen molar-refractivity contribution in [3.63, 3.8) is 0 Å². The summed E-state index contributed by atoms with van der Waals surface area (Å²) in [4.78, 5) is 14.7. The van der Waals surface area contributed by atoms with E-state index in [2.05, 4.69) is 20.4 Å². The third-order valence-electron chi connectivity index (χ3n) is 4.87. The zero-order chi connectivity index (χ0) is 18.1. The lowest BCUT2D eigenvalue weighted by atomic mass is 9.97. The van der Waals surface area contributed by atoms with Gasteiger partial charge in [0.1, 0.15) is 11.5 Å². The molecule has 0 saturated carbocycles. The van der Waals surface area contributed by atoms with Crippen LogP contribution in [0.25, 0.3) is 11.3 Å². The molecule has 0 spiro atoms. The molecule has 7 heteroatoms. The summed E-state index contributed by atoms with van der Waals surface area (Å²) in [5.41, 5.74) is 2.96. The van der Waals surface area contributed by atoms with E-state index >= 15 is 0 Å². The van der Waals surface area contributed by atoms with Gasteiger partial charge in [-0.3, -0.25) is 9.89 Å². The van der Waals surface area contributed by atoms with E-state index in [0.717, 1.165) is 17.5 Å². The Bertz CT molecular complexity index is 909. The summed E-state index contributed by atoms with van der Waals surface area (Å²) in [6.07, 6.45) is 4.04. The van der Waals surface area contributed by atoms with Crippen molar-refractivity contribution >= 4 is 5.91 Å². The van der Waals surface area contributed by atoms with E-state index in [9.17, 15) is 9.18 Å². The highest BCUT2D eigenvalue weighted by Crippen LogP contribution is 2.32. The van der Waals surface area contributed by atoms with Crippen molar-refractivity contribution in [1.29, 1.82) is 0 Å². The topological polar surface area (TPSA) is 74.8 Å². The van der Waals surface area contributed by atoms with Gasteiger partial charge in [-0.05, 0) is 43.2 Å². The van der Waals surface area contributed by atoms with Crippen molar-refractivity contribution in [1.82, 2.24) is 25.3 Å². The number of H-pyrrole nitrogens is 1. The molecule has 1 aliphatic rings. The molecule has 1 N–H and O–H groups in total. The summed E-state index contributed by atoms with van der Waals surface area (Å²) < 4.78 is 13.1. The lowest BCUT2D eigenvalue weighted by Crippen LogP contribution is -2.34. The maximum absolute atomic E-state index is 13.1. The van der Waals surface area contributed by atoms with Gasteiger partial charge < -0.3 is 4.90 Å². The molecule has 1 saturated heterocycles. The van der Waals surface area contributed by atoms with Gasteiger partial charge in [-0.15, -0.1) is 0 Å². The Labute approximate surface area is 150 Å². The predicted octanol–water partition coefficient (Wildman–Crippen LogP) is 3.02. The lowest BCUT2D eigenvalue weighted by molar-refractivity contribution is 0.0740. The lowest BCUT2D eigenvalue weighted by Gasteiger charge is -2.20. The molecule has 26 heavy (non-hydrogen) atoms. The molecule has 0 aliphatic carbocycles. The fourth-order valence-corrected chi connectivity index (χ4v) is 3.47. The maximum atomic E-state index is 13.1. The molecule has 2 atom stereocenters. The van der Waals surface area contributed by atoms with E-state index in [1.54, 1.807) is 36.7 Å². The quantitative estimate of drug-likeness (QED) is 0.787. The van der Waals surface area contributed by atoms with Crippen LogP contribution in [0.3, 0.4) is 0 Å². The van der Waals surface area contributed by atoms with Crippen molar-refractivity contribution in [3.8, 4) is 11.3 Å². The number of amides is 1. The number of nitrogens with zero attached hydrogens (tertiary/aromatic N) is 4. The molecule has 1 aromatic carbocycles. The van der Waals surface area contributed by atoms with Crippen LogP contribution >= 0.6 is 0 Å². The Kier molecular flexibility index (Phi) is 4.20. The summed E-state index contributed by atoms with van der Waals surface area (Å²) in [6, 6.07) is 10.2. The SMILES string of the molecule is C[C@H]1C[C@H](c2ccc(F)cc2)CN1C(=O)c1cc(-c2ccnnc2)n[nH]1. The highest BCUT2D eigenvalue weighted by atomic mass is 19.1. The molecule has 1 fully saturated rings. The Morgan fingerprint density at radius 3 is 2.77 bits per heavy atom. The van der Waals surface area contributed by atoms with E-state index in [4.69, 9.17) is 0 Å². The van der Waals surface area contributed by atoms with Crippen LogP contribution in [-0.4, -0.2) is 43.8 Å². The fourth-order valence-electron chi connectivity index (χ4n) is 3.47. The molecule has 0 radical (unpaired) electrons. The van der Waals surface area contributed by atoms with Crippen molar-refractivity contribution in [2.75, 3.05) is 6.54 Å². The van der Waals surface area contributed by atoms with E-state index in [0.29, 0.717) is 17.9 Å². The summed E-state index contributed by atoms with van der Waals surface area (Å²) in [6.45, 7) is 2.64. The minimum atomic E-state index is -0.247.